The van der Waals surface area contributed by atoms with Gasteiger partial charge in [0.05, 0.1) is 0 Å². The molecule has 0 saturated carbocycles. The van der Waals surface area contributed by atoms with Gasteiger partial charge in [0.15, 0.2) is 0 Å². The second-order valence-electron chi connectivity index (χ2n) is 8.20. The average Bonchev–Trinajstić information content (AvgIpc) is 3.15. The predicted molar refractivity (Wildman–Crippen MR) is 128 cm³/mol. The van der Waals surface area contributed by atoms with Gasteiger partial charge >= 0.3 is 0 Å². The van der Waals surface area contributed by atoms with E-state index in [1.54, 1.807) is 0 Å². The molecule has 1 heterocycles. The lowest BCUT2D eigenvalue weighted by molar-refractivity contribution is 0.586. The molecule has 0 amide bonds. The highest BCUT2D eigenvalue weighted by Crippen LogP contribution is 2.43. The highest BCUT2D eigenvalue weighted by atomic mass is 16.3. The zero-order valence-electron chi connectivity index (χ0n) is 16.6. The van der Waals surface area contributed by atoms with Gasteiger partial charge in [-0.15, -0.1) is 0 Å². The molecular weight excluding hydrogens is 364 g/mol. The SMILES string of the molecule is Cc1oc2c3cc(-c4ccc5ccccc5c4)ccc3c3cccc4ccc1c2c43. The highest BCUT2D eigenvalue weighted by Gasteiger charge is 2.18. The van der Waals surface area contributed by atoms with Crippen molar-refractivity contribution in [2.45, 2.75) is 6.92 Å². The van der Waals surface area contributed by atoms with Crippen LogP contribution in [0.15, 0.2) is 95.4 Å². The highest BCUT2D eigenvalue weighted by molar-refractivity contribution is 6.33. The number of benzene rings is 6. The van der Waals surface area contributed by atoms with Gasteiger partial charge in [-0.25, -0.2) is 0 Å². The average molecular weight is 382 g/mol. The molecule has 7 aromatic rings. The summed E-state index contributed by atoms with van der Waals surface area (Å²) in [5, 5.41) is 11.3. The lowest BCUT2D eigenvalue weighted by Crippen LogP contribution is -1.85. The molecule has 7 rings (SSSR count). The van der Waals surface area contributed by atoms with Crippen molar-refractivity contribution in [3.8, 4) is 11.1 Å². The normalized spacial score (nSPS) is 12.2. The molecule has 0 unspecified atom stereocenters. The molecule has 1 nitrogen and oxygen atoms in total. The second kappa shape index (κ2) is 5.61. The first-order valence-electron chi connectivity index (χ1n) is 10.4. The standard InChI is InChI=1S/C29H18O/c1-17-23-13-11-19-7-4-8-25-24-14-12-22(16-26(24)29(30-17)28(23)27(19)25)21-10-9-18-5-2-3-6-20(18)15-21/h2-16H,1H3. The summed E-state index contributed by atoms with van der Waals surface area (Å²) in [7, 11) is 0. The van der Waals surface area contributed by atoms with Crippen LogP contribution in [-0.2, 0) is 0 Å². The molecule has 30 heavy (non-hydrogen) atoms. The Morgan fingerprint density at radius 2 is 1.23 bits per heavy atom. The Morgan fingerprint density at radius 1 is 0.500 bits per heavy atom. The van der Waals surface area contributed by atoms with E-state index in [-0.39, 0.29) is 0 Å². The minimum absolute atomic E-state index is 0.987. The Labute approximate surface area is 173 Å². The van der Waals surface area contributed by atoms with Crippen molar-refractivity contribution in [1.29, 1.82) is 0 Å². The van der Waals surface area contributed by atoms with Crippen LogP contribution in [-0.4, -0.2) is 0 Å². The van der Waals surface area contributed by atoms with Crippen molar-refractivity contribution >= 4 is 54.1 Å². The maximum absolute atomic E-state index is 6.35. The van der Waals surface area contributed by atoms with Crippen molar-refractivity contribution < 1.29 is 4.42 Å². The van der Waals surface area contributed by atoms with Crippen LogP contribution in [0.3, 0.4) is 0 Å². The van der Waals surface area contributed by atoms with Crippen LogP contribution < -0.4 is 0 Å². The quantitative estimate of drug-likeness (QED) is 0.205. The van der Waals surface area contributed by atoms with Crippen LogP contribution in [0.4, 0.5) is 0 Å². The summed E-state index contributed by atoms with van der Waals surface area (Å²) < 4.78 is 6.35. The Bertz CT molecular complexity index is 1750. The predicted octanol–water partition coefficient (Wildman–Crippen LogP) is 8.46. The number of rotatable bonds is 1. The lowest BCUT2D eigenvalue weighted by atomic mass is 9.91. The molecule has 1 heteroatoms. The summed E-state index contributed by atoms with van der Waals surface area (Å²) in [5.41, 5.74) is 3.45. The smallest absolute Gasteiger partial charge is 0.143 e. The second-order valence-corrected chi connectivity index (χ2v) is 8.20. The van der Waals surface area contributed by atoms with Gasteiger partial charge in [0.25, 0.3) is 0 Å². The van der Waals surface area contributed by atoms with Gasteiger partial charge in [0.2, 0.25) is 0 Å². The zero-order valence-corrected chi connectivity index (χ0v) is 16.6. The fraction of sp³-hybridized carbons (Fsp3) is 0.0345. The van der Waals surface area contributed by atoms with Gasteiger partial charge in [-0.1, -0.05) is 78.9 Å². The molecule has 0 atom stereocenters. The van der Waals surface area contributed by atoms with E-state index in [1.807, 2.05) is 0 Å². The maximum atomic E-state index is 6.35. The van der Waals surface area contributed by atoms with Gasteiger partial charge < -0.3 is 4.42 Å². The summed E-state index contributed by atoms with van der Waals surface area (Å²) in [6.45, 7) is 2.07. The molecule has 0 N–H and O–H groups in total. The molecule has 0 spiro atoms. The molecule has 0 bridgehead atoms. The Hall–Kier alpha value is -3.84. The molecule has 1 aromatic heterocycles. The summed E-state index contributed by atoms with van der Waals surface area (Å²) in [4.78, 5) is 0. The van der Waals surface area contributed by atoms with Gasteiger partial charge in [0.1, 0.15) is 11.3 Å². The number of fused-ring (bicyclic) bond motifs is 4. The van der Waals surface area contributed by atoms with Gasteiger partial charge in [0, 0.05) is 21.5 Å². The number of hydrogen-bond acceptors (Lipinski definition) is 1. The van der Waals surface area contributed by atoms with E-state index in [1.165, 1.54) is 59.6 Å². The molecule has 0 aliphatic carbocycles. The van der Waals surface area contributed by atoms with E-state index in [0.29, 0.717) is 0 Å². The third-order valence-corrected chi connectivity index (χ3v) is 6.54. The third-order valence-electron chi connectivity index (χ3n) is 6.54. The van der Waals surface area contributed by atoms with Crippen molar-refractivity contribution in [3.63, 3.8) is 0 Å². The van der Waals surface area contributed by atoms with Gasteiger partial charge in [-0.2, -0.15) is 0 Å². The van der Waals surface area contributed by atoms with Crippen LogP contribution in [0.1, 0.15) is 5.76 Å². The van der Waals surface area contributed by atoms with E-state index in [2.05, 4.69) is 97.9 Å². The van der Waals surface area contributed by atoms with Crippen LogP contribution >= 0.6 is 0 Å². The summed E-state index contributed by atoms with van der Waals surface area (Å²) in [5.74, 6) is 0.987. The van der Waals surface area contributed by atoms with Crippen LogP contribution in [0, 0.1) is 6.92 Å². The third kappa shape index (κ3) is 2.02. The lowest BCUT2D eigenvalue weighted by Gasteiger charge is -2.11. The summed E-state index contributed by atoms with van der Waals surface area (Å²) in [6, 6.07) is 33.0. The van der Waals surface area contributed by atoms with Crippen molar-refractivity contribution in [1.82, 2.24) is 0 Å². The Balaban J connectivity index is 1.61. The van der Waals surface area contributed by atoms with E-state index in [0.717, 1.165) is 11.3 Å². The minimum atomic E-state index is 0.987. The monoisotopic (exact) mass is 382 g/mol. The molecule has 0 aliphatic heterocycles. The van der Waals surface area contributed by atoms with Gasteiger partial charge in [-0.3, -0.25) is 0 Å². The van der Waals surface area contributed by atoms with E-state index >= 15 is 0 Å². The topological polar surface area (TPSA) is 13.1 Å². The molecule has 0 radical (unpaired) electrons. The summed E-state index contributed by atoms with van der Waals surface area (Å²) >= 11 is 0. The van der Waals surface area contributed by atoms with Crippen molar-refractivity contribution in [2.75, 3.05) is 0 Å². The van der Waals surface area contributed by atoms with E-state index < -0.39 is 0 Å². The number of hydrogen-bond donors (Lipinski definition) is 0. The number of aryl methyl sites for hydroxylation is 1. The Kier molecular flexibility index (Phi) is 2.99. The molecule has 6 aromatic carbocycles. The van der Waals surface area contributed by atoms with Crippen molar-refractivity contribution in [3.05, 3.63) is 96.8 Å². The first-order chi connectivity index (χ1) is 14.8. The molecule has 0 fully saturated rings. The summed E-state index contributed by atoms with van der Waals surface area (Å²) in [6.07, 6.45) is 0. The Morgan fingerprint density at radius 3 is 2.17 bits per heavy atom. The first kappa shape index (κ1) is 16.0. The first-order valence-corrected chi connectivity index (χ1v) is 10.4. The number of furan rings is 1. The van der Waals surface area contributed by atoms with E-state index in [9.17, 15) is 0 Å². The molecule has 0 saturated heterocycles. The molecule has 0 aliphatic rings. The minimum Gasteiger partial charge on any atom is -0.460 e. The van der Waals surface area contributed by atoms with Crippen LogP contribution in [0.5, 0.6) is 0 Å². The van der Waals surface area contributed by atoms with Crippen LogP contribution in [0.25, 0.3) is 65.2 Å². The molecule has 140 valence electrons. The molecular formula is C29H18O. The zero-order chi connectivity index (χ0) is 19.8. The van der Waals surface area contributed by atoms with Crippen molar-refractivity contribution in [2.24, 2.45) is 0 Å². The fourth-order valence-electron chi connectivity index (χ4n) is 5.10. The van der Waals surface area contributed by atoms with Gasteiger partial charge in [-0.05, 0) is 57.1 Å². The largest absolute Gasteiger partial charge is 0.460 e. The van der Waals surface area contributed by atoms with Crippen LogP contribution in [0.2, 0.25) is 0 Å². The maximum Gasteiger partial charge on any atom is 0.143 e. The van der Waals surface area contributed by atoms with E-state index in [4.69, 9.17) is 4.42 Å². The fourth-order valence-corrected chi connectivity index (χ4v) is 5.10.